The molecule has 1 amide bonds. The molecule has 0 radical (unpaired) electrons. The summed E-state index contributed by atoms with van der Waals surface area (Å²) in [6.45, 7) is 4.92. The largest absolute Gasteiger partial charge is 0.384 e. The van der Waals surface area contributed by atoms with Crippen molar-refractivity contribution in [3.8, 4) is 0 Å². The van der Waals surface area contributed by atoms with Gasteiger partial charge in [-0.2, -0.15) is 0 Å². The number of nitrogens with one attached hydrogen (secondary N) is 2. The van der Waals surface area contributed by atoms with Gasteiger partial charge in [0.05, 0.1) is 5.92 Å². The predicted octanol–water partition coefficient (Wildman–Crippen LogP) is 4.51. The summed E-state index contributed by atoms with van der Waals surface area (Å²) in [5, 5.41) is 8.42. The van der Waals surface area contributed by atoms with Crippen molar-refractivity contribution >= 4 is 33.8 Å². The molecule has 29 heavy (non-hydrogen) atoms. The Hall–Kier alpha value is -2.93. The lowest BCUT2D eigenvalue weighted by atomic mass is 10.1. The molecule has 0 spiro atoms. The number of carbonyl (C=O) groups is 1. The number of amides is 1. The average molecular weight is 410 g/mol. The summed E-state index contributed by atoms with van der Waals surface area (Å²) in [6, 6.07) is 14.4. The third kappa shape index (κ3) is 6.87. The fraction of sp³-hybridized carbons (Fsp3) is 0.318. The lowest BCUT2D eigenvalue weighted by molar-refractivity contribution is -0.119. The summed E-state index contributed by atoms with van der Waals surface area (Å²) < 4.78 is 0. The van der Waals surface area contributed by atoms with Crippen molar-refractivity contribution in [1.29, 1.82) is 0 Å². The minimum Gasteiger partial charge on any atom is -0.384 e. The van der Waals surface area contributed by atoms with E-state index in [1.807, 2.05) is 24.4 Å². The van der Waals surface area contributed by atoms with E-state index in [1.54, 1.807) is 18.6 Å². The maximum atomic E-state index is 11.8. The summed E-state index contributed by atoms with van der Waals surface area (Å²) in [6.07, 6.45) is 7.80. The van der Waals surface area contributed by atoms with Crippen LogP contribution < -0.4 is 15.5 Å². The van der Waals surface area contributed by atoms with Gasteiger partial charge in [-0.25, -0.2) is 4.98 Å². The lowest BCUT2D eigenvalue weighted by Crippen LogP contribution is -2.26. The number of carbonyl (C=O) groups excluding carboxylic acids is 1. The van der Waals surface area contributed by atoms with Gasteiger partial charge >= 0.3 is 0 Å². The van der Waals surface area contributed by atoms with Crippen LogP contribution in [0, 0.1) is 5.92 Å². The molecule has 6 nitrogen and oxygen atoms in total. The molecular formula is C22H27N5OS. The maximum absolute atomic E-state index is 11.8. The van der Waals surface area contributed by atoms with Gasteiger partial charge < -0.3 is 15.5 Å². The zero-order valence-electron chi connectivity index (χ0n) is 16.6. The van der Waals surface area contributed by atoms with Crippen LogP contribution in [-0.4, -0.2) is 35.5 Å². The first-order valence-electron chi connectivity index (χ1n) is 9.86. The molecular weight excluding hydrogens is 382 g/mol. The average Bonchev–Trinajstić information content (AvgIpc) is 3.48. The Balaban J connectivity index is 0.000000186. The first-order chi connectivity index (χ1) is 14.2. The molecule has 1 atom stereocenters. The fourth-order valence-electron chi connectivity index (χ4n) is 2.96. The molecule has 0 bridgehead atoms. The summed E-state index contributed by atoms with van der Waals surface area (Å²) in [5.41, 5.74) is 2.34. The van der Waals surface area contributed by atoms with E-state index in [2.05, 4.69) is 55.8 Å². The number of hydrogen-bond acceptors (Lipinski definition) is 6. The number of thiazole rings is 1. The van der Waals surface area contributed by atoms with Crippen LogP contribution in [0.3, 0.4) is 0 Å². The van der Waals surface area contributed by atoms with Crippen molar-refractivity contribution in [3.05, 3.63) is 66.4 Å². The van der Waals surface area contributed by atoms with Crippen molar-refractivity contribution in [1.82, 2.24) is 9.97 Å². The molecule has 1 aromatic carbocycles. The Morgan fingerprint density at radius 2 is 1.83 bits per heavy atom. The second-order valence-electron chi connectivity index (χ2n) is 6.87. The standard InChI is InChI=1S/C12H14N4OS.C10H13N/c1-9(8-15-10-2-4-13-5-3-10)11(17)16-12-14-6-7-18-12;1-2-6-10(7-3-1)11-8-4-5-9-11/h2-7,9H,8H2,1H3,(H,13,15)(H,14,16,17);1-3,6-7H,4-5,8-9H2. The number of pyridine rings is 1. The van der Waals surface area contributed by atoms with Crippen LogP contribution in [0.1, 0.15) is 19.8 Å². The molecule has 7 heteroatoms. The Morgan fingerprint density at radius 3 is 2.48 bits per heavy atom. The van der Waals surface area contributed by atoms with E-state index < -0.39 is 0 Å². The Labute approximate surface area is 176 Å². The zero-order valence-corrected chi connectivity index (χ0v) is 17.4. The zero-order chi connectivity index (χ0) is 20.3. The highest BCUT2D eigenvalue weighted by Gasteiger charge is 2.13. The highest BCUT2D eigenvalue weighted by molar-refractivity contribution is 7.13. The number of para-hydroxylation sites is 1. The Bertz CT molecular complexity index is 836. The summed E-state index contributed by atoms with van der Waals surface area (Å²) in [4.78, 5) is 22.2. The van der Waals surface area contributed by atoms with Crippen LogP contribution >= 0.6 is 11.3 Å². The van der Waals surface area contributed by atoms with Crippen molar-refractivity contribution in [2.75, 3.05) is 35.2 Å². The number of nitrogens with zero attached hydrogens (tertiary/aromatic N) is 3. The van der Waals surface area contributed by atoms with Gasteiger partial charge in [0.1, 0.15) is 0 Å². The molecule has 3 heterocycles. The predicted molar refractivity (Wildman–Crippen MR) is 121 cm³/mol. The third-order valence-electron chi connectivity index (χ3n) is 4.63. The molecule has 1 saturated heterocycles. The van der Waals surface area contributed by atoms with Gasteiger partial charge in [0.2, 0.25) is 5.91 Å². The maximum Gasteiger partial charge on any atom is 0.230 e. The molecule has 0 aliphatic carbocycles. The second-order valence-corrected chi connectivity index (χ2v) is 7.77. The molecule has 1 fully saturated rings. The minimum atomic E-state index is -0.137. The van der Waals surface area contributed by atoms with E-state index in [1.165, 1.54) is 43.0 Å². The van der Waals surface area contributed by atoms with Crippen molar-refractivity contribution in [2.24, 2.45) is 5.92 Å². The van der Waals surface area contributed by atoms with Gasteiger partial charge in [0, 0.05) is 55.0 Å². The normalized spacial score (nSPS) is 13.9. The third-order valence-corrected chi connectivity index (χ3v) is 5.32. The van der Waals surface area contributed by atoms with E-state index >= 15 is 0 Å². The smallest absolute Gasteiger partial charge is 0.230 e. The van der Waals surface area contributed by atoms with Gasteiger partial charge in [0.15, 0.2) is 5.13 Å². The minimum absolute atomic E-state index is 0.0356. The van der Waals surface area contributed by atoms with Crippen molar-refractivity contribution < 1.29 is 4.79 Å². The van der Waals surface area contributed by atoms with E-state index in [0.29, 0.717) is 11.7 Å². The number of hydrogen-bond donors (Lipinski definition) is 2. The fourth-order valence-corrected chi connectivity index (χ4v) is 3.49. The van der Waals surface area contributed by atoms with Crippen LogP contribution in [0.4, 0.5) is 16.5 Å². The van der Waals surface area contributed by atoms with Gasteiger partial charge in [0.25, 0.3) is 0 Å². The van der Waals surface area contributed by atoms with Gasteiger partial charge in [-0.15, -0.1) is 11.3 Å². The molecule has 152 valence electrons. The van der Waals surface area contributed by atoms with E-state index in [4.69, 9.17) is 0 Å². The molecule has 1 unspecified atom stereocenters. The number of aromatic nitrogens is 2. The molecule has 2 aromatic heterocycles. The van der Waals surface area contributed by atoms with Crippen LogP contribution in [0.2, 0.25) is 0 Å². The van der Waals surface area contributed by atoms with E-state index in [-0.39, 0.29) is 11.8 Å². The molecule has 0 saturated carbocycles. The molecule has 3 aromatic rings. The molecule has 4 rings (SSSR count). The first-order valence-corrected chi connectivity index (χ1v) is 10.7. The van der Waals surface area contributed by atoms with Crippen LogP contribution in [0.15, 0.2) is 66.4 Å². The van der Waals surface area contributed by atoms with E-state index in [9.17, 15) is 4.79 Å². The van der Waals surface area contributed by atoms with Gasteiger partial charge in [-0.1, -0.05) is 25.1 Å². The number of anilines is 3. The van der Waals surface area contributed by atoms with Gasteiger partial charge in [-0.3, -0.25) is 9.78 Å². The Kier molecular flexibility index (Phi) is 8.01. The summed E-state index contributed by atoms with van der Waals surface area (Å²) in [7, 11) is 0. The van der Waals surface area contributed by atoms with Crippen LogP contribution in [-0.2, 0) is 4.79 Å². The number of rotatable bonds is 6. The topological polar surface area (TPSA) is 70.1 Å². The van der Waals surface area contributed by atoms with Crippen molar-refractivity contribution in [3.63, 3.8) is 0 Å². The molecule has 1 aliphatic rings. The lowest BCUT2D eigenvalue weighted by Gasteiger charge is -2.16. The monoisotopic (exact) mass is 409 g/mol. The SMILES string of the molecule is CC(CNc1ccncc1)C(=O)Nc1nccs1.c1ccc(N2CCCC2)cc1. The van der Waals surface area contributed by atoms with Gasteiger partial charge in [-0.05, 0) is 37.1 Å². The molecule has 1 aliphatic heterocycles. The molecule has 2 N–H and O–H groups in total. The Morgan fingerprint density at radius 1 is 1.10 bits per heavy atom. The summed E-state index contributed by atoms with van der Waals surface area (Å²) >= 11 is 1.41. The van der Waals surface area contributed by atoms with Crippen molar-refractivity contribution in [2.45, 2.75) is 19.8 Å². The number of benzene rings is 1. The highest BCUT2D eigenvalue weighted by Crippen LogP contribution is 2.18. The van der Waals surface area contributed by atoms with Crippen LogP contribution in [0.25, 0.3) is 0 Å². The second kappa shape index (κ2) is 11.2. The van der Waals surface area contributed by atoms with Crippen LogP contribution in [0.5, 0.6) is 0 Å². The first kappa shape index (κ1) is 20.8. The summed E-state index contributed by atoms with van der Waals surface area (Å²) in [5.74, 6) is -0.173. The highest BCUT2D eigenvalue weighted by atomic mass is 32.1. The van der Waals surface area contributed by atoms with E-state index in [0.717, 1.165) is 5.69 Å². The quantitative estimate of drug-likeness (QED) is 0.627.